The number of benzene rings is 2. The second-order valence-corrected chi connectivity index (χ2v) is 7.49. The van der Waals surface area contributed by atoms with E-state index in [1.165, 1.54) is 0 Å². The first kappa shape index (κ1) is 21.4. The van der Waals surface area contributed by atoms with Gasteiger partial charge in [0.1, 0.15) is 0 Å². The molecular formula is C24H30N2O2. The standard InChI is InChI=1S/C24H30N2O2/c1-6-17-24(23(28)26(4)5,20-15-11-8-12-16-20)21(18-22(27)25(2)3)19-13-9-7-10-14-19/h6-16,21H,1,17-18H2,2-5H3/t21-,24-/m0/s1. The lowest BCUT2D eigenvalue weighted by atomic mass is 9.63. The Labute approximate surface area is 168 Å². The molecule has 2 aromatic carbocycles. The molecule has 0 radical (unpaired) electrons. The molecule has 0 aromatic heterocycles. The Hall–Kier alpha value is -2.88. The van der Waals surface area contributed by atoms with Crippen LogP contribution in [0.1, 0.15) is 29.9 Å². The Bertz CT molecular complexity index is 800. The van der Waals surface area contributed by atoms with Gasteiger partial charge in [0.25, 0.3) is 0 Å². The van der Waals surface area contributed by atoms with Crippen molar-refractivity contribution in [3.63, 3.8) is 0 Å². The molecule has 28 heavy (non-hydrogen) atoms. The number of hydrogen-bond donors (Lipinski definition) is 0. The third-order valence-corrected chi connectivity index (χ3v) is 5.22. The quantitative estimate of drug-likeness (QED) is 0.655. The highest BCUT2D eigenvalue weighted by atomic mass is 16.2. The summed E-state index contributed by atoms with van der Waals surface area (Å²) in [5.74, 6) is -0.359. The Balaban J connectivity index is 2.78. The number of amides is 2. The predicted molar refractivity (Wildman–Crippen MR) is 114 cm³/mol. The summed E-state index contributed by atoms with van der Waals surface area (Å²) in [6, 6.07) is 19.6. The Morgan fingerprint density at radius 3 is 1.93 bits per heavy atom. The second-order valence-electron chi connectivity index (χ2n) is 7.49. The van der Waals surface area contributed by atoms with Crippen molar-refractivity contribution in [1.82, 2.24) is 9.80 Å². The summed E-state index contributed by atoms with van der Waals surface area (Å²) in [5, 5.41) is 0. The molecule has 0 aliphatic carbocycles. The molecule has 0 aliphatic heterocycles. The topological polar surface area (TPSA) is 40.6 Å². The zero-order valence-electron chi connectivity index (χ0n) is 17.3. The van der Waals surface area contributed by atoms with Gasteiger partial charge < -0.3 is 9.80 Å². The molecule has 4 nitrogen and oxygen atoms in total. The molecule has 0 bridgehead atoms. The fourth-order valence-electron chi connectivity index (χ4n) is 3.80. The Morgan fingerprint density at radius 1 is 0.929 bits per heavy atom. The van der Waals surface area contributed by atoms with Crippen molar-refractivity contribution >= 4 is 11.8 Å². The summed E-state index contributed by atoms with van der Waals surface area (Å²) in [4.78, 5) is 29.7. The molecule has 0 saturated carbocycles. The van der Waals surface area contributed by atoms with Gasteiger partial charge in [0.15, 0.2) is 0 Å². The van der Waals surface area contributed by atoms with Gasteiger partial charge in [0.05, 0.1) is 5.41 Å². The van der Waals surface area contributed by atoms with E-state index in [9.17, 15) is 9.59 Å². The van der Waals surface area contributed by atoms with Crippen molar-refractivity contribution in [3.05, 3.63) is 84.4 Å². The lowest BCUT2D eigenvalue weighted by Gasteiger charge is -2.41. The van der Waals surface area contributed by atoms with E-state index >= 15 is 0 Å². The first-order valence-electron chi connectivity index (χ1n) is 9.47. The molecular weight excluding hydrogens is 348 g/mol. The van der Waals surface area contributed by atoms with Crippen molar-refractivity contribution in [1.29, 1.82) is 0 Å². The average molecular weight is 379 g/mol. The van der Waals surface area contributed by atoms with E-state index in [1.807, 2.05) is 60.7 Å². The first-order chi connectivity index (χ1) is 13.3. The van der Waals surface area contributed by atoms with Crippen LogP contribution in [0.25, 0.3) is 0 Å². The van der Waals surface area contributed by atoms with Gasteiger partial charge in [-0.1, -0.05) is 66.7 Å². The Morgan fingerprint density at radius 2 is 1.46 bits per heavy atom. The highest BCUT2D eigenvalue weighted by molar-refractivity contribution is 5.91. The summed E-state index contributed by atoms with van der Waals surface area (Å²) < 4.78 is 0. The van der Waals surface area contributed by atoms with Crippen LogP contribution in [0.2, 0.25) is 0 Å². The highest BCUT2D eigenvalue weighted by Gasteiger charge is 2.48. The maximum absolute atomic E-state index is 13.7. The third kappa shape index (κ3) is 4.33. The van der Waals surface area contributed by atoms with E-state index in [0.29, 0.717) is 6.42 Å². The van der Waals surface area contributed by atoms with Crippen LogP contribution in [0.3, 0.4) is 0 Å². The highest BCUT2D eigenvalue weighted by Crippen LogP contribution is 2.46. The van der Waals surface area contributed by atoms with E-state index in [2.05, 4.69) is 6.58 Å². The number of allylic oxidation sites excluding steroid dienone is 1. The zero-order chi connectivity index (χ0) is 20.7. The summed E-state index contributed by atoms with van der Waals surface area (Å²) >= 11 is 0. The molecule has 0 N–H and O–H groups in total. The average Bonchev–Trinajstić information content (AvgIpc) is 2.71. The number of likely N-dealkylation sites (N-methyl/N-ethyl adjacent to an activating group) is 1. The second kappa shape index (κ2) is 9.36. The molecule has 148 valence electrons. The van der Waals surface area contributed by atoms with Gasteiger partial charge in [-0.3, -0.25) is 9.59 Å². The van der Waals surface area contributed by atoms with Crippen molar-refractivity contribution in [2.45, 2.75) is 24.2 Å². The molecule has 2 rings (SSSR count). The Kier molecular flexibility index (Phi) is 7.16. The summed E-state index contributed by atoms with van der Waals surface area (Å²) in [7, 11) is 7.02. The van der Waals surface area contributed by atoms with E-state index in [0.717, 1.165) is 11.1 Å². The molecule has 2 amide bonds. The van der Waals surface area contributed by atoms with Crippen LogP contribution in [-0.4, -0.2) is 49.8 Å². The summed E-state index contributed by atoms with van der Waals surface area (Å²) in [6.45, 7) is 3.94. The van der Waals surface area contributed by atoms with Crippen LogP contribution in [-0.2, 0) is 15.0 Å². The molecule has 0 saturated heterocycles. The smallest absolute Gasteiger partial charge is 0.233 e. The van der Waals surface area contributed by atoms with E-state index in [-0.39, 0.29) is 24.2 Å². The first-order valence-corrected chi connectivity index (χ1v) is 9.47. The van der Waals surface area contributed by atoms with Gasteiger partial charge in [-0.2, -0.15) is 0 Å². The van der Waals surface area contributed by atoms with Crippen LogP contribution >= 0.6 is 0 Å². The molecule has 2 atom stereocenters. The zero-order valence-corrected chi connectivity index (χ0v) is 17.3. The maximum Gasteiger partial charge on any atom is 0.233 e. The normalized spacial score (nSPS) is 13.9. The molecule has 0 spiro atoms. The minimum Gasteiger partial charge on any atom is -0.349 e. The molecule has 0 heterocycles. The molecule has 0 unspecified atom stereocenters. The molecule has 4 heteroatoms. The number of hydrogen-bond acceptors (Lipinski definition) is 2. The van der Waals surface area contributed by atoms with Crippen molar-refractivity contribution in [2.24, 2.45) is 0 Å². The summed E-state index contributed by atoms with van der Waals surface area (Å²) in [5.41, 5.74) is 0.951. The van der Waals surface area contributed by atoms with Gasteiger partial charge in [0.2, 0.25) is 11.8 Å². The minimum absolute atomic E-state index is 0.00947. The lowest BCUT2D eigenvalue weighted by Crippen LogP contribution is -2.49. The molecule has 2 aromatic rings. The fraction of sp³-hybridized carbons (Fsp3) is 0.333. The number of rotatable bonds is 8. The number of carbonyl (C=O) groups is 2. The SMILES string of the molecule is C=CC[C@](C(=O)N(C)C)(c1ccccc1)[C@@H](CC(=O)N(C)C)c1ccccc1. The van der Waals surface area contributed by atoms with Crippen LogP contribution in [0.15, 0.2) is 73.3 Å². The van der Waals surface area contributed by atoms with Crippen molar-refractivity contribution in [3.8, 4) is 0 Å². The summed E-state index contributed by atoms with van der Waals surface area (Å²) in [6.07, 6.45) is 2.46. The van der Waals surface area contributed by atoms with Gasteiger partial charge in [0, 0.05) is 40.5 Å². The van der Waals surface area contributed by atoms with Crippen molar-refractivity contribution in [2.75, 3.05) is 28.2 Å². The monoisotopic (exact) mass is 378 g/mol. The minimum atomic E-state index is -0.917. The fourth-order valence-corrected chi connectivity index (χ4v) is 3.80. The van der Waals surface area contributed by atoms with Gasteiger partial charge in [-0.25, -0.2) is 0 Å². The van der Waals surface area contributed by atoms with E-state index in [1.54, 1.807) is 44.1 Å². The van der Waals surface area contributed by atoms with Crippen LogP contribution in [0, 0.1) is 0 Å². The van der Waals surface area contributed by atoms with E-state index < -0.39 is 5.41 Å². The molecule has 0 aliphatic rings. The van der Waals surface area contributed by atoms with Crippen molar-refractivity contribution < 1.29 is 9.59 Å². The lowest BCUT2D eigenvalue weighted by molar-refractivity contribution is -0.137. The third-order valence-electron chi connectivity index (χ3n) is 5.22. The van der Waals surface area contributed by atoms with Gasteiger partial charge in [-0.15, -0.1) is 6.58 Å². The number of nitrogens with zero attached hydrogens (tertiary/aromatic N) is 2. The van der Waals surface area contributed by atoms with E-state index in [4.69, 9.17) is 0 Å². The number of carbonyl (C=O) groups excluding carboxylic acids is 2. The predicted octanol–water partition coefficient (Wildman–Crippen LogP) is 3.85. The van der Waals surface area contributed by atoms with Crippen LogP contribution in [0.5, 0.6) is 0 Å². The van der Waals surface area contributed by atoms with Gasteiger partial charge >= 0.3 is 0 Å². The molecule has 0 fully saturated rings. The van der Waals surface area contributed by atoms with Crippen LogP contribution in [0.4, 0.5) is 0 Å². The largest absolute Gasteiger partial charge is 0.349 e. The van der Waals surface area contributed by atoms with Gasteiger partial charge in [-0.05, 0) is 17.5 Å². The van der Waals surface area contributed by atoms with Crippen LogP contribution < -0.4 is 0 Å². The maximum atomic E-state index is 13.7.